The molecule has 0 unspecified atom stereocenters. The molecule has 1 aliphatic heterocycles. The lowest BCUT2D eigenvalue weighted by atomic mass is 10.0. The molecule has 0 bridgehead atoms. The van der Waals surface area contributed by atoms with Crippen LogP contribution in [-0.4, -0.2) is 24.0 Å². The molecule has 2 amide bonds. The highest BCUT2D eigenvalue weighted by Crippen LogP contribution is 2.41. The third-order valence-corrected chi connectivity index (χ3v) is 3.88. The second-order valence-electron chi connectivity index (χ2n) is 6.88. The van der Waals surface area contributed by atoms with Gasteiger partial charge in [0, 0.05) is 30.3 Å². The molecule has 0 spiro atoms. The van der Waals surface area contributed by atoms with E-state index in [1.807, 2.05) is 26.0 Å². The van der Waals surface area contributed by atoms with Crippen LogP contribution in [0.15, 0.2) is 42.5 Å². The zero-order chi connectivity index (χ0) is 18.7. The topological polar surface area (TPSA) is 76.7 Å². The van der Waals surface area contributed by atoms with Gasteiger partial charge in [0.05, 0.1) is 0 Å². The zero-order valence-electron chi connectivity index (χ0n) is 15.1. The third kappa shape index (κ3) is 4.33. The number of carbonyl (C=O) groups excluding carboxylic acids is 2. The van der Waals surface area contributed by atoms with Gasteiger partial charge in [-0.25, -0.2) is 0 Å². The first kappa shape index (κ1) is 17.8. The summed E-state index contributed by atoms with van der Waals surface area (Å²) in [6, 6.07) is 12.6. The second kappa shape index (κ2) is 7.07. The smallest absolute Gasteiger partial charge is 0.262 e. The van der Waals surface area contributed by atoms with Crippen molar-refractivity contribution in [2.45, 2.75) is 32.8 Å². The Morgan fingerprint density at radius 2 is 1.81 bits per heavy atom. The number of hydrogen-bond donors (Lipinski definition) is 2. The number of fused-ring (bicyclic) bond motifs is 1. The molecule has 1 aliphatic rings. The molecule has 0 aliphatic carbocycles. The van der Waals surface area contributed by atoms with Crippen LogP contribution in [0.2, 0.25) is 0 Å². The quantitative estimate of drug-likeness (QED) is 0.863. The molecule has 0 saturated carbocycles. The van der Waals surface area contributed by atoms with E-state index in [2.05, 4.69) is 10.6 Å². The third-order valence-electron chi connectivity index (χ3n) is 3.88. The van der Waals surface area contributed by atoms with Gasteiger partial charge < -0.3 is 20.1 Å². The number of benzene rings is 2. The van der Waals surface area contributed by atoms with Gasteiger partial charge in [-0.15, -0.1) is 0 Å². The molecule has 1 heterocycles. The number of ether oxygens (including phenoxy) is 2. The van der Waals surface area contributed by atoms with Crippen molar-refractivity contribution >= 4 is 23.2 Å². The van der Waals surface area contributed by atoms with Gasteiger partial charge in [-0.1, -0.05) is 18.2 Å². The molecular formula is C20H22N2O4. The van der Waals surface area contributed by atoms with E-state index >= 15 is 0 Å². The van der Waals surface area contributed by atoms with E-state index in [9.17, 15) is 9.59 Å². The van der Waals surface area contributed by atoms with Crippen LogP contribution in [-0.2, 0) is 16.0 Å². The number of para-hydroxylation sites is 1. The highest BCUT2D eigenvalue weighted by atomic mass is 16.5. The van der Waals surface area contributed by atoms with Gasteiger partial charge in [0.2, 0.25) is 5.91 Å². The molecule has 6 nitrogen and oxygen atoms in total. The summed E-state index contributed by atoms with van der Waals surface area (Å²) >= 11 is 0. The Hall–Kier alpha value is -3.02. The maximum Gasteiger partial charge on any atom is 0.262 e. The van der Waals surface area contributed by atoms with Gasteiger partial charge in [-0.2, -0.15) is 0 Å². The van der Waals surface area contributed by atoms with Crippen LogP contribution < -0.4 is 20.1 Å². The van der Waals surface area contributed by atoms with Crippen molar-refractivity contribution in [3.05, 3.63) is 48.0 Å². The molecule has 26 heavy (non-hydrogen) atoms. The number of anilines is 2. The molecule has 136 valence electrons. The molecule has 0 aromatic heterocycles. The summed E-state index contributed by atoms with van der Waals surface area (Å²) in [5.74, 6) is 0.811. The van der Waals surface area contributed by atoms with Crippen molar-refractivity contribution in [1.29, 1.82) is 0 Å². The van der Waals surface area contributed by atoms with Gasteiger partial charge in [0.1, 0.15) is 5.60 Å². The van der Waals surface area contributed by atoms with Gasteiger partial charge in [-0.3, -0.25) is 9.59 Å². The molecule has 0 fully saturated rings. The normalized spacial score (nSPS) is 14.1. The highest BCUT2D eigenvalue weighted by Gasteiger charge is 2.32. The van der Waals surface area contributed by atoms with Gasteiger partial charge in [0.25, 0.3) is 5.91 Å². The lowest BCUT2D eigenvalue weighted by Gasteiger charge is -2.18. The number of hydrogen-bond acceptors (Lipinski definition) is 4. The summed E-state index contributed by atoms with van der Waals surface area (Å²) in [4.78, 5) is 23.3. The standard InChI is InChI=1S/C20H22N2O4/c1-13(23)21-15-7-5-8-16(10-15)22-18(24)12-25-17-9-4-6-14-11-20(2,3)26-19(14)17/h4-10H,11-12H2,1-3H3,(H,21,23)(H,22,24). The van der Waals surface area contributed by atoms with Crippen LogP contribution in [0.3, 0.4) is 0 Å². The average Bonchev–Trinajstić information content (AvgIpc) is 2.87. The van der Waals surface area contributed by atoms with Crippen LogP contribution in [0.4, 0.5) is 11.4 Å². The van der Waals surface area contributed by atoms with E-state index < -0.39 is 0 Å². The van der Waals surface area contributed by atoms with Crippen LogP contribution in [0.25, 0.3) is 0 Å². The number of amides is 2. The fourth-order valence-corrected chi connectivity index (χ4v) is 2.92. The lowest BCUT2D eigenvalue weighted by Crippen LogP contribution is -2.25. The minimum absolute atomic E-state index is 0.134. The highest BCUT2D eigenvalue weighted by molar-refractivity contribution is 5.94. The first-order valence-corrected chi connectivity index (χ1v) is 8.44. The van der Waals surface area contributed by atoms with Crippen molar-refractivity contribution in [3.63, 3.8) is 0 Å². The monoisotopic (exact) mass is 354 g/mol. The summed E-state index contributed by atoms with van der Waals surface area (Å²) in [5.41, 5.74) is 2.01. The minimum atomic E-state index is -0.292. The summed E-state index contributed by atoms with van der Waals surface area (Å²) in [5, 5.41) is 5.43. The van der Waals surface area contributed by atoms with Crippen LogP contribution in [0.1, 0.15) is 26.3 Å². The first-order chi connectivity index (χ1) is 12.3. The molecule has 0 atom stereocenters. The maximum atomic E-state index is 12.2. The van der Waals surface area contributed by atoms with Gasteiger partial charge in [-0.05, 0) is 38.1 Å². The van der Waals surface area contributed by atoms with E-state index in [0.717, 1.165) is 12.0 Å². The summed E-state index contributed by atoms with van der Waals surface area (Å²) < 4.78 is 11.6. The Balaban J connectivity index is 1.61. The minimum Gasteiger partial charge on any atom is -0.483 e. The zero-order valence-corrected chi connectivity index (χ0v) is 15.1. The van der Waals surface area contributed by atoms with Crippen LogP contribution >= 0.6 is 0 Å². The van der Waals surface area contributed by atoms with Crippen molar-refractivity contribution < 1.29 is 19.1 Å². The van der Waals surface area contributed by atoms with Gasteiger partial charge in [0.15, 0.2) is 18.1 Å². The Bertz CT molecular complexity index is 845. The maximum absolute atomic E-state index is 12.2. The number of rotatable bonds is 5. The molecule has 3 rings (SSSR count). The summed E-state index contributed by atoms with van der Waals surface area (Å²) in [6.07, 6.45) is 0.807. The van der Waals surface area contributed by atoms with E-state index in [4.69, 9.17) is 9.47 Å². The molecule has 2 N–H and O–H groups in total. The second-order valence-corrected chi connectivity index (χ2v) is 6.88. The molecule has 0 saturated heterocycles. The SMILES string of the molecule is CC(=O)Nc1cccc(NC(=O)COc2cccc3c2OC(C)(C)C3)c1. The van der Waals surface area contributed by atoms with Crippen molar-refractivity contribution in [1.82, 2.24) is 0 Å². The van der Waals surface area contributed by atoms with Gasteiger partial charge >= 0.3 is 0 Å². The van der Waals surface area contributed by atoms with Crippen molar-refractivity contribution in [2.24, 2.45) is 0 Å². The van der Waals surface area contributed by atoms with Crippen LogP contribution in [0, 0.1) is 0 Å². The Morgan fingerprint density at radius 1 is 1.12 bits per heavy atom. The van der Waals surface area contributed by atoms with E-state index in [0.29, 0.717) is 22.9 Å². The fourth-order valence-electron chi connectivity index (χ4n) is 2.92. The van der Waals surface area contributed by atoms with Crippen molar-refractivity contribution in [2.75, 3.05) is 17.2 Å². The van der Waals surface area contributed by atoms with E-state index in [-0.39, 0.29) is 24.0 Å². The largest absolute Gasteiger partial charge is 0.483 e. The summed E-state index contributed by atoms with van der Waals surface area (Å²) in [6.45, 7) is 5.34. The predicted octanol–water partition coefficient (Wildman–Crippen LogP) is 3.38. The van der Waals surface area contributed by atoms with Crippen LogP contribution in [0.5, 0.6) is 11.5 Å². The van der Waals surface area contributed by atoms with E-state index in [1.54, 1.807) is 30.3 Å². The van der Waals surface area contributed by atoms with E-state index in [1.165, 1.54) is 6.92 Å². The fraction of sp³-hybridized carbons (Fsp3) is 0.300. The first-order valence-electron chi connectivity index (χ1n) is 8.44. The number of nitrogens with one attached hydrogen (secondary N) is 2. The number of carbonyl (C=O) groups is 2. The molecule has 0 radical (unpaired) electrons. The molecular weight excluding hydrogens is 332 g/mol. The molecule has 2 aromatic carbocycles. The molecule has 6 heteroatoms. The molecule has 2 aromatic rings. The lowest BCUT2D eigenvalue weighted by molar-refractivity contribution is -0.118. The van der Waals surface area contributed by atoms with Crippen molar-refractivity contribution in [3.8, 4) is 11.5 Å². The average molecular weight is 354 g/mol. The Kier molecular flexibility index (Phi) is 4.84. The predicted molar refractivity (Wildman–Crippen MR) is 99.7 cm³/mol. The Morgan fingerprint density at radius 3 is 2.54 bits per heavy atom. The summed E-state index contributed by atoms with van der Waals surface area (Å²) in [7, 11) is 0. The Labute approximate surface area is 152 Å².